The van der Waals surface area contributed by atoms with Crippen LogP contribution >= 0.6 is 0 Å². The third kappa shape index (κ3) is 2.44. The molecule has 1 rings (SSSR count). The van der Waals surface area contributed by atoms with Gasteiger partial charge < -0.3 is 0 Å². The predicted octanol–water partition coefficient (Wildman–Crippen LogP) is 1.41. The Morgan fingerprint density at radius 1 is 1.56 bits per heavy atom. The van der Waals surface area contributed by atoms with E-state index >= 15 is 0 Å². The van der Waals surface area contributed by atoms with Crippen molar-refractivity contribution in [1.82, 2.24) is 9.78 Å². The second-order valence-electron chi connectivity index (χ2n) is 3.75. The van der Waals surface area contributed by atoms with E-state index in [1.165, 1.54) is 11.6 Å². The van der Waals surface area contributed by atoms with Crippen molar-refractivity contribution >= 4 is 11.5 Å². The van der Waals surface area contributed by atoms with Gasteiger partial charge in [-0.25, -0.2) is 0 Å². The Bertz CT molecular complexity index is 423. The number of aryl methyl sites for hydroxylation is 2. The Morgan fingerprint density at radius 2 is 2.19 bits per heavy atom. The molecule has 0 aliphatic rings. The Balaban J connectivity index is 3.23. The molecular formula is C10H15N3O3. The van der Waals surface area contributed by atoms with Gasteiger partial charge in [0.2, 0.25) is 0 Å². The molecule has 0 N–H and O–H groups in total. The molecule has 0 saturated heterocycles. The maximum atomic E-state index is 11.0. The minimum absolute atomic E-state index is 0.000417. The second kappa shape index (κ2) is 4.87. The van der Waals surface area contributed by atoms with E-state index in [-0.39, 0.29) is 17.9 Å². The van der Waals surface area contributed by atoms with Gasteiger partial charge in [0.1, 0.15) is 17.2 Å². The molecule has 6 nitrogen and oxygen atoms in total. The van der Waals surface area contributed by atoms with Crippen LogP contribution in [0.15, 0.2) is 0 Å². The summed E-state index contributed by atoms with van der Waals surface area (Å²) < 4.78 is 1.44. The Labute approximate surface area is 93.4 Å². The molecule has 0 bridgehead atoms. The number of carbonyl (C=O) groups is 1. The Kier molecular flexibility index (Phi) is 3.76. The van der Waals surface area contributed by atoms with Gasteiger partial charge in [-0.1, -0.05) is 13.3 Å². The van der Waals surface area contributed by atoms with Gasteiger partial charge in [0, 0.05) is 7.05 Å². The van der Waals surface area contributed by atoms with Crippen molar-refractivity contribution in [1.29, 1.82) is 0 Å². The molecule has 1 aromatic heterocycles. The van der Waals surface area contributed by atoms with Crippen LogP contribution in [0.1, 0.15) is 31.7 Å². The van der Waals surface area contributed by atoms with Gasteiger partial charge in [-0.3, -0.25) is 19.6 Å². The van der Waals surface area contributed by atoms with Crippen molar-refractivity contribution < 1.29 is 9.72 Å². The zero-order valence-electron chi connectivity index (χ0n) is 9.69. The highest BCUT2D eigenvalue weighted by Crippen LogP contribution is 2.24. The third-order valence-corrected chi connectivity index (χ3v) is 2.29. The van der Waals surface area contributed by atoms with Crippen molar-refractivity contribution in [2.45, 2.75) is 33.1 Å². The number of carbonyl (C=O) groups excluding carboxylic acids is 1. The summed E-state index contributed by atoms with van der Waals surface area (Å²) in [5, 5.41) is 15.1. The number of hydrogen-bond donors (Lipinski definition) is 0. The van der Waals surface area contributed by atoms with Crippen LogP contribution in [0.3, 0.4) is 0 Å². The van der Waals surface area contributed by atoms with Gasteiger partial charge in [0.15, 0.2) is 0 Å². The van der Waals surface area contributed by atoms with Gasteiger partial charge in [0.05, 0.1) is 11.3 Å². The molecule has 0 aliphatic carbocycles. The lowest BCUT2D eigenvalue weighted by atomic mass is 10.1. The van der Waals surface area contributed by atoms with Gasteiger partial charge in [0.25, 0.3) is 0 Å². The summed E-state index contributed by atoms with van der Waals surface area (Å²) in [4.78, 5) is 21.5. The number of nitro groups is 1. The maximum absolute atomic E-state index is 11.0. The monoisotopic (exact) mass is 225 g/mol. The summed E-state index contributed by atoms with van der Waals surface area (Å²) in [7, 11) is 1.63. The molecule has 0 unspecified atom stereocenters. The molecule has 0 fully saturated rings. The number of nitrogens with zero attached hydrogens (tertiary/aromatic N) is 3. The molecular weight excluding hydrogens is 210 g/mol. The van der Waals surface area contributed by atoms with Crippen LogP contribution in [-0.4, -0.2) is 20.5 Å². The zero-order valence-corrected chi connectivity index (χ0v) is 9.69. The summed E-state index contributed by atoms with van der Waals surface area (Å²) >= 11 is 0. The fourth-order valence-electron chi connectivity index (χ4n) is 1.66. The second-order valence-corrected chi connectivity index (χ2v) is 3.75. The molecule has 0 aromatic carbocycles. The average Bonchev–Trinajstić information content (AvgIpc) is 2.43. The minimum atomic E-state index is -0.448. The van der Waals surface area contributed by atoms with E-state index in [0.29, 0.717) is 17.8 Å². The Hall–Kier alpha value is -1.72. The van der Waals surface area contributed by atoms with E-state index in [9.17, 15) is 14.9 Å². The topological polar surface area (TPSA) is 78.0 Å². The molecule has 0 aliphatic heterocycles. The largest absolute Gasteiger partial charge is 0.313 e. The molecule has 0 spiro atoms. The molecule has 0 atom stereocenters. The molecule has 0 saturated carbocycles. The fourth-order valence-corrected chi connectivity index (χ4v) is 1.66. The smallest absolute Gasteiger partial charge is 0.300 e. The van der Waals surface area contributed by atoms with E-state index in [2.05, 4.69) is 5.10 Å². The quantitative estimate of drug-likeness (QED) is 0.560. The first-order valence-corrected chi connectivity index (χ1v) is 5.16. The molecule has 1 heterocycles. The van der Waals surface area contributed by atoms with Crippen molar-refractivity contribution in [2.75, 3.05) is 0 Å². The lowest BCUT2D eigenvalue weighted by Gasteiger charge is -1.97. The van der Waals surface area contributed by atoms with Crippen LogP contribution in [-0.2, 0) is 24.7 Å². The molecule has 0 amide bonds. The van der Waals surface area contributed by atoms with Crippen molar-refractivity contribution in [3.8, 4) is 0 Å². The van der Waals surface area contributed by atoms with Crippen LogP contribution in [0, 0.1) is 10.1 Å². The van der Waals surface area contributed by atoms with E-state index in [0.717, 1.165) is 6.42 Å². The summed E-state index contributed by atoms with van der Waals surface area (Å²) in [6, 6.07) is 0. The predicted molar refractivity (Wildman–Crippen MR) is 58.2 cm³/mol. The van der Waals surface area contributed by atoms with Crippen LogP contribution in [0.5, 0.6) is 0 Å². The molecule has 1 aromatic rings. The highest BCUT2D eigenvalue weighted by atomic mass is 16.6. The van der Waals surface area contributed by atoms with Crippen LogP contribution < -0.4 is 0 Å². The summed E-state index contributed by atoms with van der Waals surface area (Å²) in [5.74, 6) is -0.103. The highest BCUT2D eigenvalue weighted by Gasteiger charge is 2.26. The first kappa shape index (κ1) is 12.4. The lowest BCUT2D eigenvalue weighted by Crippen LogP contribution is -2.06. The molecule has 88 valence electrons. The Morgan fingerprint density at radius 3 is 2.62 bits per heavy atom. The van der Waals surface area contributed by atoms with E-state index in [1.807, 2.05) is 6.92 Å². The van der Waals surface area contributed by atoms with Crippen LogP contribution in [0.4, 0.5) is 5.69 Å². The van der Waals surface area contributed by atoms with E-state index in [1.54, 1.807) is 7.05 Å². The van der Waals surface area contributed by atoms with Crippen LogP contribution in [0.25, 0.3) is 0 Å². The van der Waals surface area contributed by atoms with E-state index < -0.39 is 4.92 Å². The highest BCUT2D eigenvalue weighted by molar-refractivity contribution is 5.79. The number of Topliss-reactive ketones (excluding diaryl/α,β-unsaturated/α-hetero) is 1. The van der Waals surface area contributed by atoms with E-state index in [4.69, 9.17) is 0 Å². The van der Waals surface area contributed by atoms with Gasteiger partial charge in [-0.15, -0.1) is 0 Å². The first-order chi connectivity index (χ1) is 7.47. The standard InChI is InChI=1S/C10H15N3O3/c1-4-5-8-10(13(15)16)9(6-7(2)14)12(3)11-8/h4-6H2,1-3H3. The van der Waals surface area contributed by atoms with Crippen LogP contribution in [0.2, 0.25) is 0 Å². The fraction of sp³-hybridized carbons (Fsp3) is 0.600. The molecule has 6 heteroatoms. The summed E-state index contributed by atoms with van der Waals surface area (Å²) in [6.45, 7) is 3.35. The first-order valence-electron chi connectivity index (χ1n) is 5.16. The lowest BCUT2D eigenvalue weighted by molar-refractivity contribution is -0.386. The average molecular weight is 225 g/mol. The van der Waals surface area contributed by atoms with Crippen molar-refractivity contribution in [3.05, 3.63) is 21.5 Å². The number of rotatable bonds is 5. The van der Waals surface area contributed by atoms with Crippen molar-refractivity contribution in [3.63, 3.8) is 0 Å². The third-order valence-electron chi connectivity index (χ3n) is 2.29. The zero-order chi connectivity index (χ0) is 12.3. The molecule has 0 radical (unpaired) electrons. The van der Waals surface area contributed by atoms with Crippen molar-refractivity contribution in [2.24, 2.45) is 7.05 Å². The van der Waals surface area contributed by atoms with Gasteiger partial charge in [-0.2, -0.15) is 5.10 Å². The maximum Gasteiger partial charge on any atom is 0.313 e. The number of hydrogen-bond acceptors (Lipinski definition) is 4. The van der Waals surface area contributed by atoms with Gasteiger partial charge >= 0.3 is 5.69 Å². The summed E-state index contributed by atoms with van der Waals surface area (Å²) in [6.07, 6.45) is 1.41. The minimum Gasteiger partial charge on any atom is -0.300 e. The summed E-state index contributed by atoms with van der Waals surface area (Å²) in [5.41, 5.74) is 0.853. The normalized spacial score (nSPS) is 10.4. The molecule has 16 heavy (non-hydrogen) atoms. The SMILES string of the molecule is CCCc1nn(C)c(CC(C)=O)c1[N+](=O)[O-]. The number of ketones is 1. The number of aromatic nitrogens is 2. The van der Waals surface area contributed by atoms with Gasteiger partial charge in [-0.05, 0) is 13.3 Å².